The van der Waals surface area contributed by atoms with E-state index in [4.69, 9.17) is 14.2 Å². The highest BCUT2D eigenvalue weighted by atomic mass is 16.5. The zero-order chi connectivity index (χ0) is 34.7. The summed E-state index contributed by atoms with van der Waals surface area (Å²) in [5.74, 6) is 0.944. The largest absolute Gasteiger partial charge is 0.493 e. The van der Waals surface area contributed by atoms with Crippen LogP contribution in [0.25, 0.3) is 22.0 Å². The maximum atomic E-state index is 13.9. The van der Waals surface area contributed by atoms with Gasteiger partial charge < -0.3 is 35.1 Å². The second-order valence-corrected chi connectivity index (χ2v) is 12.5. The number of hydrogen-bond donors (Lipinski definition) is 4. The molecule has 1 aliphatic carbocycles. The number of ether oxygens (including phenoxy) is 3. The Balaban J connectivity index is 1.58. The zero-order valence-electron chi connectivity index (χ0n) is 28.3. The normalized spacial score (nSPS) is 14.3. The van der Waals surface area contributed by atoms with Gasteiger partial charge >= 0.3 is 0 Å². The number of hydrogen-bond acceptors (Lipinski definition) is 8. The fourth-order valence-corrected chi connectivity index (χ4v) is 6.46. The molecule has 0 radical (unpaired) electrons. The second-order valence-electron chi connectivity index (χ2n) is 12.5. The number of aromatic nitrogens is 1. The van der Waals surface area contributed by atoms with Crippen LogP contribution in [0.1, 0.15) is 56.3 Å². The summed E-state index contributed by atoms with van der Waals surface area (Å²) in [7, 11) is 4.64. The number of aromatic amines is 1. The maximum Gasteiger partial charge on any atom is 0.248 e. The smallest absolute Gasteiger partial charge is 0.248 e. The molecule has 48 heavy (non-hydrogen) atoms. The molecule has 3 aromatic carbocycles. The highest BCUT2D eigenvalue weighted by molar-refractivity contribution is 5.98. The number of anilines is 2. The van der Waals surface area contributed by atoms with E-state index >= 15 is 0 Å². The highest BCUT2D eigenvalue weighted by Crippen LogP contribution is 2.50. The minimum absolute atomic E-state index is 0.121. The van der Waals surface area contributed by atoms with E-state index in [2.05, 4.69) is 20.9 Å². The first kappa shape index (κ1) is 34.0. The number of rotatable bonds is 10. The van der Waals surface area contributed by atoms with Crippen LogP contribution < -0.4 is 41.1 Å². The summed E-state index contributed by atoms with van der Waals surface area (Å²) in [6.45, 7) is 7.31. The van der Waals surface area contributed by atoms with E-state index in [-0.39, 0.29) is 34.4 Å². The van der Waals surface area contributed by atoms with Crippen molar-refractivity contribution in [3.8, 4) is 28.4 Å². The lowest BCUT2D eigenvalue weighted by molar-refractivity contribution is -0.120. The van der Waals surface area contributed by atoms with Gasteiger partial charge in [0.15, 0.2) is 11.5 Å². The van der Waals surface area contributed by atoms with Gasteiger partial charge in [0.25, 0.3) is 0 Å². The molecule has 1 aromatic heterocycles. The molecule has 5 rings (SSSR count). The summed E-state index contributed by atoms with van der Waals surface area (Å²) in [6.07, 6.45) is 1.54. The molecule has 4 aromatic rings. The first-order valence-electron chi connectivity index (χ1n) is 15.9. The van der Waals surface area contributed by atoms with Crippen molar-refractivity contribution in [2.24, 2.45) is 5.92 Å². The van der Waals surface area contributed by atoms with Crippen molar-refractivity contribution in [3.63, 3.8) is 0 Å². The lowest BCUT2D eigenvalue weighted by atomic mass is 9.95. The van der Waals surface area contributed by atoms with Gasteiger partial charge in [-0.05, 0) is 84.7 Å². The average Bonchev–Trinajstić information content (AvgIpc) is 3.27. The number of benzene rings is 2. The van der Waals surface area contributed by atoms with E-state index < -0.39 is 12.1 Å². The van der Waals surface area contributed by atoms with E-state index in [1.807, 2.05) is 39.0 Å². The number of carbonyl (C=O) groups excluding carboxylic acids is 2. The van der Waals surface area contributed by atoms with Crippen molar-refractivity contribution >= 4 is 34.1 Å². The molecular weight excluding hydrogens is 612 g/mol. The molecule has 0 bridgehead atoms. The van der Waals surface area contributed by atoms with Gasteiger partial charge in [0, 0.05) is 29.6 Å². The van der Waals surface area contributed by atoms with E-state index in [0.29, 0.717) is 58.8 Å². The molecule has 4 N–H and O–H groups in total. The summed E-state index contributed by atoms with van der Waals surface area (Å²) in [6, 6.07) is 12.6. The quantitative estimate of drug-likeness (QED) is 0.176. The maximum absolute atomic E-state index is 13.9. The Morgan fingerprint density at radius 2 is 1.71 bits per heavy atom. The van der Waals surface area contributed by atoms with Gasteiger partial charge in [0.05, 0.1) is 38.6 Å². The second kappa shape index (κ2) is 14.2. The van der Waals surface area contributed by atoms with Crippen LogP contribution in [0.3, 0.4) is 0 Å². The third-order valence-corrected chi connectivity index (χ3v) is 8.59. The molecule has 0 saturated carbocycles. The van der Waals surface area contributed by atoms with Crippen LogP contribution in [0.5, 0.6) is 17.2 Å². The van der Waals surface area contributed by atoms with Gasteiger partial charge in [0.2, 0.25) is 28.6 Å². The Hall–Kier alpha value is -5.32. The van der Waals surface area contributed by atoms with Gasteiger partial charge in [-0.1, -0.05) is 26.0 Å². The molecule has 2 atom stereocenters. The summed E-state index contributed by atoms with van der Waals surface area (Å²) < 4.78 is 17.2. The third kappa shape index (κ3) is 7.00. The zero-order valence-corrected chi connectivity index (χ0v) is 28.3. The summed E-state index contributed by atoms with van der Waals surface area (Å²) in [5.41, 5.74) is 4.59. The van der Waals surface area contributed by atoms with Crippen LogP contribution in [0, 0.1) is 12.8 Å². The van der Waals surface area contributed by atoms with Crippen molar-refractivity contribution in [3.05, 3.63) is 85.8 Å². The first-order chi connectivity index (χ1) is 22.9. The number of methoxy groups -OCH3 is 3. The van der Waals surface area contributed by atoms with Crippen molar-refractivity contribution in [1.82, 2.24) is 10.3 Å². The van der Waals surface area contributed by atoms with Gasteiger partial charge in [-0.3, -0.25) is 19.2 Å². The molecule has 0 saturated heterocycles. The number of H-pyrrole nitrogens is 1. The Labute approximate surface area is 279 Å². The Morgan fingerprint density at radius 1 is 0.958 bits per heavy atom. The third-order valence-electron chi connectivity index (χ3n) is 8.59. The van der Waals surface area contributed by atoms with Crippen LogP contribution in [0.2, 0.25) is 0 Å². The fraction of sp³-hybridized carbons (Fsp3) is 0.351. The van der Waals surface area contributed by atoms with Crippen LogP contribution in [-0.2, 0) is 16.0 Å². The van der Waals surface area contributed by atoms with Gasteiger partial charge in [-0.25, -0.2) is 0 Å². The fourth-order valence-electron chi connectivity index (χ4n) is 6.46. The topological polar surface area (TPSA) is 148 Å². The van der Waals surface area contributed by atoms with Crippen molar-refractivity contribution < 1.29 is 23.8 Å². The van der Waals surface area contributed by atoms with Crippen LogP contribution in [0.4, 0.5) is 11.4 Å². The average molecular weight is 655 g/mol. The number of amides is 2. The minimum atomic E-state index is -0.760. The van der Waals surface area contributed by atoms with Gasteiger partial charge in [-0.2, -0.15) is 0 Å². The van der Waals surface area contributed by atoms with Crippen LogP contribution in [0.15, 0.2) is 58.1 Å². The van der Waals surface area contributed by atoms with E-state index in [0.717, 1.165) is 22.1 Å². The molecule has 11 heteroatoms. The number of carbonyl (C=O) groups is 2. The lowest BCUT2D eigenvalue weighted by Gasteiger charge is -2.21. The molecule has 0 unspecified atom stereocenters. The van der Waals surface area contributed by atoms with Crippen molar-refractivity contribution in [2.45, 2.75) is 59.0 Å². The van der Waals surface area contributed by atoms with E-state index in [1.54, 1.807) is 32.4 Å². The van der Waals surface area contributed by atoms with Crippen molar-refractivity contribution in [2.75, 3.05) is 32.0 Å². The summed E-state index contributed by atoms with van der Waals surface area (Å²) in [5, 5.41) is 10.1. The minimum Gasteiger partial charge on any atom is -0.493 e. The first-order valence-corrected chi connectivity index (χ1v) is 15.9. The number of aryl methyl sites for hydroxylation is 2. The number of pyridine rings is 1. The Kier molecular flexibility index (Phi) is 10.1. The summed E-state index contributed by atoms with van der Waals surface area (Å²) in [4.78, 5) is 54.8. The molecule has 1 heterocycles. The lowest BCUT2D eigenvalue weighted by Crippen LogP contribution is -2.37. The highest BCUT2D eigenvalue weighted by Gasteiger charge is 2.30. The van der Waals surface area contributed by atoms with Crippen LogP contribution >= 0.6 is 0 Å². The Bertz CT molecular complexity index is 2000. The molecule has 0 aliphatic heterocycles. The van der Waals surface area contributed by atoms with E-state index in [1.165, 1.54) is 26.2 Å². The predicted octanol–water partition coefficient (Wildman–Crippen LogP) is 5.48. The Morgan fingerprint density at radius 3 is 2.38 bits per heavy atom. The standard InChI is InChI=1S/C37H42N4O7/c1-19(2)14-30(37(45)39-23-9-10-24-20(3)15-33(44)41-29(24)17-23)40-28-13-11-25-26(18-31(28)43)27(38-21(4)42)12-8-22-16-32(46-5)35(47-6)36(48-7)34(22)25/h9-11,13,15-19,27,30H,8,12,14H2,1-7H3,(H,38,42)(H,39,45)(H,40,43)(H,41,44)/t27-,30-/m0/s1. The van der Waals surface area contributed by atoms with Gasteiger partial charge in [0.1, 0.15) is 6.04 Å². The predicted molar refractivity (Wildman–Crippen MR) is 187 cm³/mol. The van der Waals surface area contributed by atoms with Crippen molar-refractivity contribution in [1.29, 1.82) is 0 Å². The molecular formula is C37H42N4O7. The number of fused-ring (bicyclic) bond motifs is 4. The molecule has 1 aliphatic rings. The van der Waals surface area contributed by atoms with E-state index in [9.17, 15) is 19.2 Å². The summed E-state index contributed by atoms with van der Waals surface area (Å²) >= 11 is 0. The van der Waals surface area contributed by atoms with Gasteiger partial charge in [-0.15, -0.1) is 0 Å². The number of nitrogens with one attached hydrogen (secondary N) is 4. The molecule has 2 amide bonds. The molecule has 0 fully saturated rings. The molecule has 0 spiro atoms. The molecule has 11 nitrogen and oxygen atoms in total. The monoisotopic (exact) mass is 654 g/mol. The SMILES string of the molecule is COc1cc2c(c(OC)c1OC)-c1ccc(N[C@@H](CC(C)C)C(=O)Nc3ccc4c(C)cc(=O)[nH]c4c3)c(=O)cc1[C@@H](NC(C)=O)CC2. The molecule has 252 valence electrons. The van der Waals surface area contributed by atoms with Crippen LogP contribution in [-0.4, -0.2) is 44.2 Å².